The van der Waals surface area contributed by atoms with Crippen LogP contribution in [0.4, 0.5) is 0 Å². The maximum Gasteiger partial charge on any atom is 1.00 e. The number of aliphatic carboxylic acids is 1. The van der Waals surface area contributed by atoms with Gasteiger partial charge in [-0.05, 0) is 38.0 Å². The Labute approximate surface area is 161 Å². The number of hydrogen-bond acceptors (Lipinski definition) is 5. The molecule has 23 heavy (non-hydrogen) atoms. The van der Waals surface area contributed by atoms with Gasteiger partial charge in [-0.25, -0.2) is 0 Å². The monoisotopic (exact) mass is 349 g/mol. The Morgan fingerprint density at radius 1 is 1.43 bits per heavy atom. The molecule has 8 heteroatoms. The maximum atomic E-state index is 11.9. The van der Waals surface area contributed by atoms with Crippen LogP contribution in [0.1, 0.15) is 19.8 Å². The van der Waals surface area contributed by atoms with Crippen molar-refractivity contribution in [1.82, 2.24) is 5.32 Å². The summed E-state index contributed by atoms with van der Waals surface area (Å²) < 4.78 is 10.7. The molecule has 1 N–H and O–H groups in total. The molecular formula is C15H17ClNNaO5. The smallest absolute Gasteiger partial charge is 0.547 e. The molecule has 1 heterocycles. The first-order valence-electron chi connectivity index (χ1n) is 7.02. The number of nitrogens with one attached hydrogen (secondary N) is 1. The molecule has 1 saturated heterocycles. The first kappa shape index (κ1) is 20.3. The van der Waals surface area contributed by atoms with Gasteiger partial charge < -0.3 is 24.7 Å². The van der Waals surface area contributed by atoms with Crippen molar-refractivity contribution in [2.24, 2.45) is 0 Å². The van der Waals surface area contributed by atoms with E-state index >= 15 is 0 Å². The molecule has 120 valence electrons. The van der Waals surface area contributed by atoms with Crippen molar-refractivity contribution in [3.8, 4) is 5.75 Å². The molecule has 1 fully saturated rings. The average molecular weight is 350 g/mol. The van der Waals surface area contributed by atoms with Gasteiger partial charge in [0.05, 0.1) is 18.6 Å². The van der Waals surface area contributed by atoms with Gasteiger partial charge in [-0.3, -0.25) is 4.79 Å². The summed E-state index contributed by atoms with van der Waals surface area (Å²) in [4.78, 5) is 22.6. The van der Waals surface area contributed by atoms with Crippen molar-refractivity contribution in [3.05, 3.63) is 29.3 Å². The topological polar surface area (TPSA) is 87.7 Å². The van der Waals surface area contributed by atoms with Gasteiger partial charge in [0, 0.05) is 5.02 Å². The van der Waals surface area contributed by atoms with Gasteiger partial charge in [0.2, 0.25) is 5.91 Å². The number of rotatable bonds is 6. The van der Waals surface area contributed by atoms with E-state index in [9.17, 15) is 14.7 Å². The van der Waals surface area contributed by atoms with E-state index in [1.54, 1.807) is 31.2 Å². The van der Waals surface area contributed by atoms with E-state index in [4.69, 9.17) is 21.1 Å². The minimum absolute atomic E-state index is 0. The predicted molar refractivity (Wildman–Crippen MR) is 77.5 cm³/mol. The fraction of sp³-hybridized carbons (Fsp3) is 0.467. The summed E-state index contributed by atoms with van der Waals surface area (Å²) >= 11 is 5.86. The second-order valence-electron chi connectivity index (χ2n) is 5.14. The van der Waals surface area contributed by atoms with Gasteiger partial charge >= 0.3 is 29.6 Å². The molecule has 1 aromatic carbocycles. The van der Waals surface area contributed by atoms with Crippen LogP contribution < -0.4 is 44.7 Å². The zero-order chi connectivity index (χ0) is 16.1. The van der Waals surface area contributed by atoms with E-state index in [0.717, 1.165) is 0 Å². The Hall–Kier alpha value is -0.790. The number of halogens is 1. The molecule has 1 aliphatic rings. The zero-order valence-corrected chi connectivity index (χ0v) is 15.8. The van der Waals surface area contributed by atoms with E-state index in [1.807, 2.05) is 0 Å². The molecular weight excluding hydrogens is 333 g/mol. The fourth-order valence-electron chi connectivity index (χ4n) is 2.18. The molecule has 6 nitrogen and oxygen atoms in total. The fourth-order valence-corrected chi connectivity index (χ4v) is 2.36. The van der Waals surface area contributed by atoms with Gasteiger partial charge in [0.1, 0.15) is 18.0 Å². The van der Waals surface area contributed by atoms with E-state index in [1.165, 1.54) is 0 Å². The Bertz CT molecular complexity index is 556. The Morgan fingerprint density at radius 2 is 2.13 bits per heavy atom. The SMILES string of the molecule is CC(CNC(=O)C1CCC(C(=O)[O-])O1)Oc1cccc(Cl)c1.[Na+]. The number of carboxylic acid groups (broad SMARTS) is 1. The third-order valence-electron chi connectivity index (χ3n) is 3.27. The van der Waals surface area contributed by atoms with Crippen LogP contribution >= 0.6 is 11.6 Å². The molecule has 0 aromatic heterocycles. The Balaban J connectivity index is 0.00000264. The van der Waals surface area contributed by atoms with Crippen molar-refractivity contribution >= 4 is 23.5 Å². The quantitative estimate of drug-likeness (QED) is 0.575. The molecule has 1 amide bonds. The molecule has 2 rings (SSSR count). The first-order valence-corrected chi connectivity index (χ1v) is 7.39. The summed E-state index contributed by atoms with van der Waals surface area (Å²) in [5.41, 5.74) is 0. The van der Waals surface area contributed by atoms with Gasteiger partial charge in [0.25, 0.3) is 0 Å². The van der Waals surface area contributed by atoms with E-state index in [-0.39, 0.29) is 54.5 Å². The van der Waals surface area contributed by atoms with Crippen LogP contribution in [0.25, 0.3) is 0 Å². The third kappa shape index (κ3) is 6.31. The standard InChI is InChI=1S/C15H18ClNO5.Na/c1-9(21-11-4-2-3-10(16)7-11)8-17-14(18)12-5-6-13(22-12)15(19)20;/h2-4,7,9,12-13H,5-6,8H2,1H3,(H,17,18)(H,19,20);/q;+1/p-1. The van der Waals surface area contributed by atoms with E-state index in [0.29, 0.717) is 17.2 Å². The maximum absolute atomic E-state index is 11.9. The van der Waals surface area contributed by atoms with Gasteiger partial charge in [-0.2, -0.15) is 0 Å². The van der Waals surface area contributed by atoms with Crippen LogP contribution in [0.5, 0.6) is 5.75 Å². The number of ether oxygens (including phenoxy) is 2. The minimum Gasteiger partial charge on any atom is -0.547 e. The van der Waals surface area contributed by atoms with Crippen LogP contribution in [0.2, 0.25) is 5.02 Å². The predicted octanol–water partition coefficient (Wildman–Crippen LogP) is -2.47. The summed E-state index contributed by atoms with van der Waals surface area (Å²) in [6, 6.07) is 6.97. The second kappa shape index (κ2) is 9.49. The Morgan fingerprint density at radius 3 is 2.74 bits per heavy atom. The number of carbonyl (C=O) groups excluding carboxylic acids is 2. The van der Waals surface area contributed by atoms with Crippen LogP contribution in [0.3, 0.4) is 0 Å². The number of carboxylic acids is 1. The molecule has 0 spiro atoms. The van der Waals surface area contributed by atoms with Gasteiger partial charge in [-0.15, -0.1) is 0 Å². The number of benzene rings is 1. The first-order chi connectivity index (χ1) is 10.5. The minimum atomic E-state index is -1.28. The van der Waals surface area contributed by atoms with Crippen LogP contribution in [-0.4, -0.2) is 36.7 Å². The van der Waals surface area contributed by atoms with E-state index < -0.39 is 18.2 Å². The molecule has 0 radical (unpaired) electrons. The normalized spacial score (nSPS) is 21.1. The van der Waals surface area contributed by atoms with Crippen molar-refractivity contribution < 1.29 is 53.7 Å². The Kier molecular flexibility index (Phi) is 8.36. The van der Waals surface area contributed by atoms with Crippen LogP contribution in [0.15, 0.2) is 24.3 Å². The number of hydrogen-bond donors (Lipinski definition) is 1. The summed E-state index contributed by atoms with van der Waals surface area (Å²) in [5, 5.41) is 13.9. The van der Waals surface area contributed by atoms with Gasteiger partial charge in [0.15, 0.2) is 0 Å². The summed E-state index contributed by atoms with van der Waals surface area (Å²) in [7, 11) is 0. The average Bonchev–Trinajstić information content (AvgIpc) is 2.95. The van der Waals surface area contributed by atoms with Crippen LogP contribution in [-0.2, 0) is 14.3 Å². The third-order valence-corrected chi connectivity index (χ3v) is 3.51. The molecule has 0 saturated carbocycles. The van der Waals surface area contributed by atoms with Crippen LogP contribution in [0, 0.1) is 0 Å². The molecule has 3 unspecified atom stereocenters. The molecule has 0 bridgehead atoms. The molecule has 0 aliphatic carbocycles. The summed E-state index contributed by atoms with van der Waals surface area (Å²) in [6.45, 7) is 2.09. The van der Waals surface area contributed by atoms with E-state index in [2.05, 4.69) is 5.32 Å². The summed E-state index contributed by atoms with van der Waals surface area (Å²) in [5.74, 6) is -1.01. The zero-order valence-electron chi connectivity index (χ0n) is 13.1. The molecule has 3 atom stereocenters. The van der Waals surface area contributed by atoms with Crippen molar-refractivity contribution in [2.45, 2.75) is 38.1 Å². The number of carbonyl (C=O) groups is 2. The van der Waals surface area contributed by atoms with Crippen molar-refractivity contribution in [1.29, 1.82) is 0 Å². The largest absolute Gasteiger partial charge is 1.00 e. The number of amides is 1. The second-order valence-corrected chi connectivity index (χ2v) is 5.58. The van der Waals surface area contributed by atoms with Gasteiger partial charge in [-0.1, -0.05) is 17.7 Å². The summed E-state index contributed by atoms with van der Waals surface area (Å²) in [6.07, 6.45) is -1.36. The molecule has 1 aliphatic heterocycles. The van der Waals surface area contributed by atoms with Crippen molar-refractivity contribution in [2.75, 3.05) is 6.54 Å². The molecule has 1 aromatic rings. The van der Waals surface area contributed by atoms with Crippen molar-refractivity contribution in [3.63, 3.8) is 0 Å².